The molecule has 0 rings (SSSR count). The van der Waals surface area contributed by atoms with E-state index in [0.29, 0.717) is 32.7 Å². The first kappa shape index (κ1) is 16.4. The SMILES string of the molecule is CCCC(CN)(CCOCCCOC)C(=O)O. The Bertz CT molecular complexity index is 211. The normalized spacial score (nSPS) is 14.5. The predicted octanol–water partition coefficient (Wildman–Crippen LogP) is 1.26. The van der Waals surface area contributed by atoms with Crippen LogP contribution in [0.3, 0.4) is 0 Å². The van der Waals surface area contributed by atoms with Crippen molar-refractivity contribution in [3.63, 3.8) is 0 Å². The Morgan fingerprint density at radius 1 is 1.29 bits per heavy atom. The van der Waals surface area contributed by atoms with Gasteiger partial charge >= 0.3 is 5.97 Å². The van der Waals surface area contributed by atoms with Crippen LogP contribution in [0.5, 0.6) is 0 Å². The van der Waals surface area contributed by atoms with Gasteiger partial charge in [-0.05, 0) is 19.3 Å². The summed E-state index contributed by atoms with van der Waals surface area (Å²) in [6.07, 6.45) is 2.71. The fraction of sp³-hybridized carbons (Fsp3) is 0.917. The Labute approximate surface area is 103 Å². The average Bonchev–Trinajstić information content (AvgIpc) is 2.31. The number of carbonyl (C=O) groups is 1. The molecule has 0 saturated heterocycles. The van der Waals surface area contributed by atoms with Gasteiger partial charge in [-0.1, -0.05) is 13.3 Å². The number of hydrogen-bond donors (Lipinski definition) is 2. The molecule has 0 bridgehead atoms. The Morgan fingerprint density at radius 3 is 2.47 bits per heavy atom. The van der Waals surface area contributed by atoms with Crippen molar-refractivity contribution in [2.75, 3.05) is 33.5 Å². The van der Waals surface area contributed by atoms with Gasteiger partial charge in [0.25, 0.3) is 0 Å². The van der Waals surface area contributed by atoms with Gasteiger partial charge in [-0.2, -0.15) is 0 Å². The third-order valence-electron chi connectivity index (χ3n) is 2.94. The molecule has 0 radical (unpaired) electrons. The summed E-state index contributed by atoms with van der Waals surface area (Å²) in [5.41, 5.74) is 4.78. The van der Waals surface area contributed by atoms with Crippen LogP contribution in [0.15, 0.2) is 0 Å². The van der Waals surface area contributed by atoms with E-state index in [0.717, 1.165) is 12.8 Å². The number of carboxylic acids is 1. The highest BCUT2D eigenvalue weighted by molar-refractivity contribution is 5.74. The summed E-state index contributed by atoms with van der Waals surface area (Å²) < 4.78 is 10.3. The third kappa shape index (κ3) is 6.00. The Morgan fingerprint density at radius 2 is 2.00 bits per heavy atom. The lowest BCUT2D eigenvalue weighted by Crippen LogP contribution is -2.39. The molecule has 5 nitrogen and oxygen atoms in total. The van der Waals surface area contributed by atoms with E-state index in [1.165, 1.54) is 0 Å². The molecule has 0 fully saturated rings. The third-order valence-corrected chi connectivity index (χ3v) is 2.94. The van der Waals surface area contributed by atoms with Gasteiger partial charge in [0.1, 0.15) is 0 Å². The van der Waals surface area contributed by atoms with Gasteiger partial charge in [-0.15, -0.1) is 0 Å². The molecule has 0 amide bonds. The highest BCUT2D eigenvalue weighted by Gasteiger charge is 2.35. The van der Waals surface area contributed by atoms with Gasteiger partial charge in [-0.25, -0.2) is 0 Å². The van der Waals surface area contributed by atoms with Crippen molar-refractivity contribution in [1.82, 2.24) is 0 Å². The summed E-state index contributed by atoms with van der Waals surface area (Å²) in [6.45, 7) is 3.83. The molecule has 5 heteroatoms. The average molecular weight is 247 g/mol. The molecule has 0 spiro atoms. The zero-order valence-corrected chi connectivity index (χ0v) is 10.9. The van der Waals surface area contributed by atoms with E-state index in [-0.39, 0.29) is 6.54 Å². The van der Waals surface area contributed by atoms with Crippen molar-refractivity contribution in [2.24, 2.45) is 11.1 Å². The number of methoxy groups -OCH3 is 1. The minimum Gasteiger partial charge on any atom is -0.481 e. The van der Waals surface area contributed by atoms with Crippen LogP contribution in [-0.4, -0.2) is 44.6 Å². The molecule has 0 aliphatic rings. The van der Waals surface area contributed by atoms with Crippen molar-refractivity contribution >= 4 is 5.97 Å². The first-order valence-corrected chi connectivity index (χ1v) is 6.13. The lowest BCUT2D eigenvalue weighted by atomic mass is 9.80. The first-order chi connectivity index (χ1) is 8.13. The van der Waals surface area contributed by atoms with Gasteiger partial charge in [0.15, 0.2) is 0 Å². The number of rotatable bonds is 11. The second-order valence-electron chi connectivity index (χ2n) is 4.25. The topological polar surface area (TPSA) is 81.8 Å². The molecule has 0 aliphatic heterocycles. The maximum atomic E-state index is 11.3. The van der Waals surface area contributed by atoms with E-state index in [9.17, 15) is 9.90 Å². The standard InChI is InChI=1S/C12H25NO4/c1-3-5-12(10-13,11(14)15)6-9-17-8-4-7-16-2/h3-10,13H2,1-2H3,(H,14,15). The van der Waals surface area contributed by atoms with Crippen LogP contribution in [0.2, 0.25) is 0 Å². The smallest absolute Gasteiger partial charge is 0.311 e. The molecular weight excluding hydrogens is 222 g/mol. The zero-order valence-electron chi connectivity index (χ0n) is 10.9. The van der Waals surface area contributed by atoms with Crippen LogP contribution in [0.1, 0.15) is 32.6 Å². The van der Waals surface area contributed by atoms with Crippen LogP contribution in [0, 0.1) is 5.41 Å². The van der Waals surface area contributed by atoms with Gasteiger partial charge in [0.05, 0.1) is 5.41 Å². The van der Waals surface area contributed by atoms with E-state index < -0.39 is 11.4 Å². The van der Waals surface area contributed by atoms with Crippen LogP contribution in [0.4, 0.5) is 0 Å². The van der Waals surface area contributed by atoms with Crippen molar-refractivity contribution in [1.29, 1.82) is 0 Å². The van der Waals surface area contributed by atoms with E-state index in [4.69, 9.17) is 15.2 Å². The molecule has 0 heterocycles. The lowest BCUT2D eigenvalue weighted by molar-refractivity contribution is -0.150. The predicted molar refractivity (Wildman–Crippen MR) is 66.0 cm³/mol. The minimum atomic E-state index is -0.823. The largest absolute Gasteiger partial charge is 0.481 e. The van der Waals surface area contributed by atoms with Crippen molar-refractivity contribution in [2.45, 2.75) is 32.6 Å². The van der Waals surface area contributed by atoms with Crippen LogP contribution < -0.4 is 5.73 Å². The molecule has 0 aliphatic carbocycles. The fourth-order valence-corrected chi connectivity index (χ4v) is 1.78. The number of aliphatic carboxylic acids is 1. The molecule has 3 N–H and O–H groups in total. The number of nitrogens with two attached hydrogens (primary N) is 1. The molecule has 1 atom stereocenters. The summed E-state index contributed by atoms with van der Waals surface area (Å²) >= 11 is 0. The summed E-state index contributed by atoms with van der Waals surface area (Å²) in [6, 6.07) is 0. The van der Waals surface area contributed by atoms with E-state index in [1.807, 2.05) is 6.92 Å². The lowest BCUT2D eigenvalue weighted by Gasteiger charge is -2.27. The maximum absolute atomic E-state index is 11.3. The van der Waals surface area contributed by atoms with Crippen molar-refractivity contribution in [3.05, 3.63) is 0 Å². The monoisotopic (exact) mass is 247 g/mol. The number of carboxylic acid groups (broad SMARTS) is 1. The number of ether oxygens (including phenoxy) is 2. The zero-order chi connectivity index (χ0) is 13.1. The molecule has 0 aromatic rings. The van der Waals surface area contributed by atoms with E-state index >= 15 is 0 Å². The van der Waals surface area contributed by atoms with Crippen molar-refractivity contribution in [3.8, 4) is 0 Å². The summed E-state index contributed by atoms with van der Waals surface area (Å²) in [7, 11) is 1.64. The summed E-state index contributed by atoms with van der Waals surface area (Å²) in [5.74, 6) is -0.817. The maximum Gasteiger partial charge on any atom is 0.311 e. The Hall–Kier alpha value is -0.650. The Kier molecular flexibility index (Phi) is 9.03. The quantitative estimate of drug-likeness (QED) is 0.537. The highest BCUT2D eigenvalue weighted by Crippen LogP contribution is 2.27. The molecule has 102 valence electrons. The molecule has 0 aromatic carbocycles. The van der Waals surface area contributed by atoms with E-state index in [1.54, 1.807) is 7.11 Å². The molecular formula is C12H25NO4. The summed E-state index contributed by atoms with van der Waals surface area (Å²) in [5, 5.41) is 9.24. The van der Waals surface area contributed by atoms with Gasteiger partial charge in [0.2, 0.25) is 0 Å². The molecule has 0 saturated carbocycles. The van der Waals surface area contributed by atoms with E-state index in [2.05, 4.69) is 0 Å². The van der Waals surface area contributed by atoms with Gasteiger partial charge in [-0.3, -0.25) is 4.79 Å². The van der Waals surface area contributed by atoms with Gasteiger partial charge in [0, 0.05) is 33.5 Å². The van der Waals surface area contributed by atoms with Crippen LogP contribution >= 0.6 is 0 Å². The minimum absolute atomic E-state index is 0.164. The molecule has 1 unspecified atom stereocenters. The van der Waals surface area contributed by atoms with Gasteiger partial charge < -0.3 is 20.3 Å². The Balaban J connectivity index is 3.95. The van der Waals surface area contributed by atoms with Crippen LogP contribution in [-0.2, 0) is 14.3 Å². The summed E-state index contributed by atoms with van der Waals surface area (Å²) in [4.78, 5) is 11.3. The second kappa shape index (κ2) is 9.39. The fourth-order valence-electron chi connectivity index (χ4n) is 1.78. The van der Waals surface area contributed by atoms with Crippen LogP contribution in [0.25, 0.3) is 0 Å². The second-order valence-corrected chi connectivity index (χ2v) is 4.25. The number of hydrogen-bond acceptors (Lipinski definition) is 4. The molecule has 0 aromatic heterocycles. The van der Waals surface area contributed by atoms with Crippen molar-refractivity contribution < 1.29 is 19.4 Å². The first-order valence-electron chi connectivity index (χ1n) is 6.13. The highest BCUT2D eigenvalue weighted by atomic mass is 16.5. The molecule has 17 heavy (non-hydrogen) atoms.